The van der Waals surface area contributed by atoms with E-state index in [2.05, 4.69) is 5.32 Å². The van der Waals surface area contributed by atoms with Crippen molar-refractivity contribution in [3.63, 3.8) is 0 Å². The number of nitrogens with zero attached hydrogens (tertiary/aromatic N) is 1. The zero-order valence-electron chi connectivity index (χ0n) is 10.8. The summed E-state index contributed by atoms with van der Waals surface area (Å²) in [6.45, 7) is 7.91. The summed E-state index contributed by atoms with van der Waals surface area (Å²) in [4.78, 5) is 12.7. The lowest BCUT2D eigenvalue weighted by molar-refractivity contribution is -0.129. The molecule has 0 aromatic heterocycles. The van der Waals surface area contributed by atoms with Gasteiger partial charge in [-0.3, -0.25) is 9.69 Å². The molecule has 0 bridgehead atoms. The van der Waals surface area contributed by atoms with Gasteiger partial charge in [-0.25, -0.2) is 0 Å². The number of alkyl halides is 2. The molecule has 0 radical (unpaired) electrons. The Hall–Kier alpha value is -0.0300. The smallest absolute Gasteiger partial charge is 0.240 e. The minimum absolute atomic E-state index is 0.244. The number of nitrogens with one attached hydrogen (secondary N) is 1. The van der Waals surface area contributed by atoms with Crippen LogP contribution >= 0.6 is 23.2 Å². The quantitative estimate of drug-likeness (QED) is 0.577. The van der Waals surface area contributed by atoms with E-state index in [9.17, 15) is 9.90 Å². The average Bonchev–Trinajstić information content (AvgIpc) is 2.13. The van der Waals surface area contributed by atoms with Gasteiger partial charge in [0, 0.05) is 12.1 Å². The Bertz CT molecular complexity index is 242. The maximum atomic E-state index is 12.0. The van der Waals surface area contributed by atoms with E-state index in [0.29, 0.717) is 6.54 Å². The number of aliphatic hydroxyl groups is 1. The molecule has 0 aliphatic rings. The van der Waals surface area contributed by atoms with Gasteiger partial charge in [0.1, 0.15) is 10.9 Å². The lowest BCUT2D eigenvalue weighted by Gasteiger charge is -2.32. The lowest BCUT2D eigenvalue weighted by atomic mass is 10.1. The summed E-state index contributed by atoms with van der Waals surface area (Å²) in [7, 11) is 0. The van der Waals surface area contributed by atoms with Crippen LogP contribution in [0.15, 0.2) is 0 Å². The van der Waals surface area contributed by atoms with E-state index in [4.69, 9.17) is 23.2 Å². The van der Waals surface area contributed by atoms with Gasteiger partial charge in [-0.15, -0.1) is 23.2 Å². The number of hydrogen-bond acceptors (Lipinski definition) is 3. The zero-order valence-corrected chi connectivity index (χ0v) is 12.3. The van der Waals surface area contributed by atoms with E-state index < -0.39 is 10.9 Å². The molecular formula is C11H22Cl2N2O2. The maximum Gasteiger partial charge on any atom is 0.240 e. The fourth-order valence-corrected chi connectivity index (χ4v) is 2.02. The van der Waals surface area contributed by atoms with Crippen molar-refractivity contribution >= 4 is 29.1 Å². The third kappa shape index (κ3) is 6.46. The molecule has 0 spiro atoms. The summed E-state index contributed by atoms with van der Waals surface area (Å²) in [6, 6.07) is -0.734. The average molecular weight is 285 g/mol. The van der Waals surface area contributed by atoms with E-state index in [1.54, 1.807) is 4.90 Å². The number of aliphatic hydroxyl groups excluding tert-OH is 1. The van der Waals surface area contributed by atoms with Gasteiger partial charge in [0.25, 0.3) is 0 Å². The minimum Gasteiger partial charge on any atom is -0.381 e. The van der Waals surface area contributed by atoms with Crippen LogP contribution in [0.5, 0.6) is 0 Å². The van der Waals surface area contributed by atoms with Crippen molar-refractivity contribution in [2.24, 2.45) is 0 Å². The van der Waals surface area contributed by atoms with Crippen LogP contribution in [0.3, 0.4) is 0 Å². The normalized spacial score (nSPS) is 14.2. The van der Waals surface area contributed by atoms with Crippen LogP contribution in [0.25, 0.3) is 0 Å². The van der Waals surface area contributed by atoms with Crippen molar-refractivity contribution in [3.05, 3.63) is 0 Å². The van der Waals surface area contributed by atoms with Crippen molar-refractivity contribution in [2.45, 2.75) is 50.5 Å². The first-order valence-electron chi connectivity index (χ1n) is 5.68. The molecule has 1 unspecified atom stereocenters. The molecule has 2 N–H and O–H groups in total. The molecular weight excluding hydrogens is 263 g/mol. The summed E-state index contributed by atoms with van der Waals surface area (Å²) in [5.41, 5.74) is -0.356. The van der Waals surface area contributed by atoms with Gasteiger partial charge in [-0.05, 0) is 27.2 Å². The molecule has 17 heavy (non-hydrogen) atoms. The van der Waals surface area contributed by atoms with Crippen molar-refractivity contribution in [3.8, 4) is 0 Å². The first-order chi connectivity index (χ1) is 7.72. The van der Waals surface area contributed by atoms with E-state index >= 15 is 0 Å². The molecule has 0 aliphatic carbocycles. The Kier molecular flexibility index (Phi) is 7.40. The monoisotopic (exact) mass is 284 g/mol. The number of amides is 1. The standard InChI is InChI=1S/C11H22Cl2N2O2/c1-5-6-15(7-16)8(9(12)13)10(17)14-11(2,3)4/h8-9,16H,5-7H2,1-4H3,(H,14,17). The van der Waals surface area contributed by atoms with Crippen molar-refractivity contribution in [1.29, 1.82) is 0 Å². The first kappa shape index (κ1) is 17.0. The fraction of sp³-hybridized carbons (Fsp3) is 0.909. The van der Waals surface area contributed by atoms with Gasteiger partial charge in [-0.1, -0.05) is 6.92 Å². The molecule has 6 heteroatoms. The van der Waals surface area contributed by atoms with Gasteiger partial charge >= 0.3 is 0 Å². The predicted octanol–water partition coefficient (Wildman–Crippen LogP) is 1.74. The van der Waals surface area contributed by atoms with Gasteiger partial charge in [-0.2, -0.15) is 0 Å². The van der Waals surface area contributed by atoms with E-state index in [1.165, 1.54) is 0 Å². The van der Waals surface area contributed by atoms with Crippen LogP contribution < -0.4 is 5.32 Å². The Balaban J connectivity index is 4.77. The third-order valence-electron chi connectivity index (χ3n) is 2.09. The Labute approximate surface area is 113 Å². The second kappa shape index (κ2) is 7.41. The number of carbonyl (C=O) groups excluding carboxylic acids is 1. The molecule has 0 fully saturated rings. The zero-order chi connectivity index (χ0) is 13.6. The predicted molar refractivity (Wildman–Crippen MR) is 71.3 cm³/mol. The second-order valence-electron chi connectivity index (χ2n) is 4.97. The van der Waals surface area contributed by atoms with E-state index in [1.807, 2.05) is 27.7 Å². The highest BCUT2D eigenvalue weighted by Crippen LogP contribution is 2.16. The molecule has 0 saturated heterocycles. The molecule has 0 saturated carbocycles. The Morgan fingerprint density at radius 1 is 1.41 bits per heavy atom. The van der Waals surface area contributed by atoms with Crippen LogP contribution in [0.4, 0.5) is 0 Å². The largest absolute Gasteiger partial charge is 0.381 e. The van der Waals surface area contributed by atoms with E-state index in [-0.39, 0.29) is 18.2 Å². The van der Waals surface area contributed by atoms with Crippen molar-refractivity contribution in [1.82, 2.24) is 10.2 Å². The molecule has 0 aliphatic heterocycles. The second-order valence-corrected chi connectivity index (χ2v) is 6.14. The van der Waals surface area contributed by atoms with Gasteiger partial charge < -0.3 is 10.4 Å². The molecule has 102 valence electrons. The molecule has 0 heterocycles. The number of carbonyl (C=O) groups is 1. The Morgan fingerprint density at radius 3 is 2.24 bits per heavy atom. The Morgan fingerprint density at radius 2 is 1.94 bits per heavy atom. The molecule has 1 atom stereocenters. The van der Waals surface area contributed by atoms with Crippen LogP contribution in [-0.2, 0) is 4.79 Å². The summed E-state index contributed by atoms with van der Waals surface area (Å²) in [5.74, 6) is -0.269. The van der Waals surface area contributed by atoms with Gasteiger partial charge in [0.15, 0.2) is 0 Å². The summed E-state index contributed by atoms with van der Waals surface area (Å²) >= 11 is 11.7. The molecule has 1 amide bonds. The van der Waals surface area contributed by atoms with Crippen LogP contribution in [0.1, 0.15) is 34.1 Å². The molecule has 4 nitrogen and oxygen atoms in total. The summed E-state index contributed by atoms with van der Waals surface area (Å²) in [6.07, 6.45) is 0.806. The number of halogens is 2. The lowest BCUT2D eigenvalue weighted by Crippen LogP contribution is -2.55. The minimum atomic E-state index is -0.879. The topological polar surface area (TPSA) is 52.6 Å². The highest BCUT2D eigenvalue weighted by atomic mass is 35.5. The summed E-state index contributed by atoms with van der Waals surface area (Å²) < 4.78 is 0. The molecule has 0 aromatic rings. The summed E-state index contributed by atoms with van der Waals surface area (Å²) in [5, 5.41) is 12.1. The SMILES string of the molecule is CCCN(CO)C(C(=O)NC(C)(C)C)C(Cl)Cl. The van der Waals surface area contributed by atoms with Crippen molar-refractivity contribution < 1.29 is 9.90 Å². The number of rotatable bonds is 6. The van der Waals surface area contributed by atoms with Crippen LogP contribution in [0.2, 0.25) is 0 Å². The fourth-order valence-electron chi connectivity index (χ4n) is 1.47. The highest BCUT2D eigenvalue weighted by Gasteiger charge is 2.32. The van der Waals surface area contributed by atoms with E-state index in [0.717, 1.165) is 6.42 Å². The third-order valence-corrected chi connectivity index (χ3v) is 2.57. The number of hydrogen-bond donors (Lipinski definition) is 2. The maximum absolute atomic E-state index is 12.0. The first-order valence-corrected chi connectivity index (χ1v) is 6.55. The molecule has 0 aromatic carbocycles. The highest BCUT2D eigenvalue weighted by molar-refractivity contribution is 6.46. The van der Waals surface area contributed by atoms with Gasteiger partial charge in [0.2, 0.25) is 5.91 Å². The van der Waals surface area contributed by atoms with Crippen LogP contribution in [-0.4, -0.2) is 45.6 Å². The molecule has 0 rings (SSSR count). The van der Waals surface area contributed by atoms with Crippen LogP contribution in [0, 0.1) is 0 Å². The van der Waals surface area contributed by atoms with Crippen molar-refractivity contribution in [2.75, 3.05) is 13.3 Å². The van der Waals surface area contributed by atoms with Gasteiger partial charge in [0.05, 0.1) is 6.73 Å².